The van der Waals surface area contributed by atoms with Gasteiger partial charge in [0, 0.05) is 17.5 Å². The topological polar surface area (TPSA) is 87.9 Å². The Bertz CT molecular complexity index is 1310. The van der Waals surface area contributed by atoms with Gasteiger partial charge in [0.15, 0.2) is 11.4 Å². The number of nitrogens with zero attached hydrogens (tertiary/aromatic N) is 1. The van der Waals surface area contributed by atoms with Crippen LogP contribution in [-0.4, -0.2) is 23.2 Å². The molecule has 1 aliphatic heterocycles. The third kappa shape index (κ3) is 3.80. The molecule has 0 spiro atoms. The first-order valence-electron chi connectivity index (χ1n) is 11.8. The second-order valence-corrected chi connectivity index (χ2v) is 9.19. The summed E-state index contributed by atoms with van der Waals surface area (Å²) >= 11 is 0. The Hall–Kier alpha value is -3.90. The van der Waals surface area contributed by atoms with E-state index in [0.29, 0.717) is 18.1 Å². The fourth-order valence-corrected chi connectivity index (χ4v) is 5.36. The Kier molecular flexibility index (Phi) is 5.19. The van der Waals surface area contributed by atoms with Crippen LogP contribution in [0.5, 0.6) is 5.75 Å². The molecule has 0 amide bonds. The van der Waals surface area contributed by atoms with Gasteiger partial charge < -0.3 is 23.8 Å². The van der Waals surface area contributed by atoms with Crippen LogP contribution in [0.3, 0.4) is 0 Å². The number of carboxylic acids is 1. The first-order valence-corrected chi connectivity index (χ1v) is 11.8. The molecular weight excluding hydrogens is 442 g/mol. The van der Waals surface area contributed by atoms with Gasteiger partial charge in [-0.3, -0.25) is 0 Å². The Morgan fingerprint density at radius 1 is 0.943 bits per heavy atom. The van der Waals surface area contributed by atoms with Crippen LogP contribution < -0.4 is 9.84 Å². The highest BCUT2D eigenvalue weighted by atomic mass is 16.6. The minimum Gasteiger partial charge on any atom is -0.546 e. The zero-order valence-electron chi connectivity index (χ0n) is 19.1. The summed E-state index contributed by atoms with van der Waals surface area (Å²) in [6.45, 7) is -0.476. The smallest absolute Gasteiger partial charge is 0.230 e. The molecule has 0 N–H and O–H groups in total. The minimum atomic E-state index is -1.25. The van der Waals surface area contributed by atoms with Gasteiger partial charge in [0.05, 0.1) is 5.97 Å². The molecule has 2 unspecified atom stereocenters. The van der Waals surface area contributed by atoms with Crippen LogP contribution in [0.2, 0.25) is 0 Å². The standard InChI is InChI=1S/C29H25NO5/c31-24(32)19-33-23-14-7-9-20(17-23)18-28-15-8-16-29(28,35-28)27-30-25(21-10-3-1-4-11-21)26(34-27)22-12-5-2-6-13-22/h1-7,9-14,17H,8,15-16,18-19H2,(H,31,32)/p-1. The molecule has 0 bridgehead atoms. The average Bonchev–Trinajstić information content (AvgIpc) is 3.18. The lowest BCUT2D eigenvalue weighted by molar-refractivity contribution is -0.307. The van der Waals surface area contributed by atoms with Crippen molar-refractivity contribution in [1.82, 2.24) is 4.98 Å². The van der Waals surface area contributed by atoms with E-state index in [1.165, 1.54) is 0 Å². The molecule has 0 radical (unpaired) electrons. The summed E-state index contributed by atoms with van der Waals surface area (Å²) in [5, 5.41) is 10.8. The number of aromatic nitrogens is 1. The lowest BCUT2D eigenvalue weighted by Gasteiger charge is -2.12. The molecule has 2 aliphatic rings. The first kappa shape index (κ1) is 21.6. The van der Waals surface area contributed by atoms with Crippen molar-refractivity contribution in [2.24, 2.45) is 0 Å². The Balaban J connectivity index is 1.34. The fourth-order valence-electron chi connectivity index (χ4n) is 5.36. The van der Waals surface area contributed by atoms with E-state index in [2.05, 4.69) is 0 Å². The molecule has 2 atom stereocenters. The van der Waals surface area contributed by atoms with E-state index in [-0.39, 0.29) is 0 Å². The maximum atomic E-state index is 10.8. The molecule has 1 aromatic heterocycles. The van der Waals surface area contributed by atoms with Crippen LogP contribution in [0.1, 0.15) is 30.7 Å². The molecule has 1 saturated carbocycles. The molecule has 6 rings (SSSR count). The lowest BCUT2D eigenvalue weighted by atomic mass is 9.89. The van der Waals surface area contributed by atoms with E-state index in [9.17, 15) is 9.90 Å². The maximum Gasteiger partial charge on any atom is 0.230 e. The normalized spacial score (nSPS) is 22.5. The maximum absolute atomic E-state index is 10.8. The highest BCUT2D eigenvalue weighted by Crippen LogP contribution is 2.67. The Morgan fingerprint density at radius 3 is 2.43 bits per heavy atom. The lowest BCUT2D eigenvalue weighted by Crippen LogP contribution is -2.29. The summed E-state index contributed by atoms with van der Waals surface area (Å²) in [4.78, 5) is 15.8. The Morgan fingerprint density at radius 2 is 1.69 bits per heavy atom. The van der Waals surface area contributed by atoms with Crippen molar-refractivity contribution in [1.29, 1.82) is 0 Å². The van der Waals surface area contributed by atoms with E-state index in [1.807, 2.05) is 78.9 Å². The number of carbonyl (C=O) groups excluding carboxylic acids is 1. The number of hydrogen-bond acceptors (Lipinski definition) is 6. The van der Waals surface area contributed by atoms with E-state index < -0.39 is 23.8 Å². The van der Waals surface area contributed by atoms with Gasteiger partial charge in [-0.1, -0.05) is 72.8 Å². The van der Waals surface area contributed by atoms with Crippen molar-refractivity contribution in [2.45, 2.75) is 36.9 Å². The van der Waals surface area contributed by atoms with Gasteiger partial charge in [0.1, 0.15) is 23.7 Å². The molecule has 176 valence electrons. The van der Waals surface area contributed by atoms with E-state index >= 15 is 0 Å². The van der Waals surface area contributed by atoms with Gasteiger partial charge in [0.2, 0.25) is 5.89 Å². The van der Waals surface area contributed by atoms with Gasteiger partial charge in [-0.05, 0) is 37.0 Å². The number of ether oxygens (including phenoxy) is 2. The number of aliphatic carboxylic acids is 1. The number of benzene rings is 3. The molecule has 2 heterocycles. The van der Waals surface area contributed by atoms with Crippen LogP contribution in [-0.2, 0) is 21.6 Å². The molecule has 2 fully saturated rings. The van der Waals surface area contributed by atoms with Gasteiger partial charge in [-0.25, -0.2) is 4.98 Å². The third-order valence-corrected chi connectivity index (χ3v) is 6.97. The monoisotopic (exact) mass is 466 g/mol. The van der Waals surface area contributed by atoms with Crippen LogP contribution in [0, 0.1) is 0 Å². The SMILES string of the molecule is O=C([O-])COc1cccc(CC23CCCC2(c2nc(-c4ccccc4)c(-c4ccccc4)o2)O3)c1. The molecule has 3 aromatic carbocycles. The summed E-state index contributed by atoms with van der Waals surface area (Å²) in [7, 11) is 0. The van der Waals surface area contributed by atoms with Gasteiger partial charge in [0.25, 0.3) is 0 Å². The summed E-state index contributed by atoms with van der Waals surface area (Å²) in [6.07, 6.45) is 3.43. The number of epoxide rings is 1. The fraction of sp³-hybridized carbons (Fsp3) is 0.241. The first-order chi connectivity index (χ1) is 17.1. The number of hydrogen-bond donors (Lipinski definition) is 0. The number of carbonyl (C=O) groups is 1. The number of carboxylic acid groups (broad SMARTS) is 1. The predicted octanol–water partition coefficient (Wildman–Crippen LogP) is 4.53. The zero-order valence-corrected chi connectivity index (χ0v) is 19.1. The highest BCUT2D eigenvalue weighted by Gasteiger charge is 2.75. The van der Waals surface area contributed by atoms with Crippen LogP contribution in [0.25, 0.3) is 22.6 Å². The largest absolute Gasteiger partial charge is 0.546 e. The van der Waals surface area contributed by atoms with E-state index in [1.54, 1.807) is 6.07 Å². The summed E-state index contributed by atoms with van der Waals surface area (Å²) in [5.41, 5.74) is 2.85. The van der Waals surface area contributed by atoms with Gasteiger partial charge in [-0.15, -0.1) is 0 Å². The van der Waals surface area contributed by atoms with Crippen LogP contribution >= 0.6 is 0 Å². The third-order valence-electron chi connectivity index (χ3n) is 6.97. The predicted molar refractivity (Wildman–Crippen MR) is 127 cm³/mol. The van der Waals surface area contributed by atoms with Crippen molar-refractivity contribution in [3.8, 4) is 28.3 Å². The van der Waals surface area contributed by atoms with Crippen molar-refractivity contribution < 1.29 is 23.8 Å². The van der Waals surface area contributed by atoms with Crippen molar-refractivity contribution in [2.75, 3.05) is 6.61 Å². The zero-order chi connectivity index (χ0) is 23.9. The second kappa shape index (κ2) is 8.40. The molecular formula is C29H24NO5-. The molecule has 6 heteroatoms. The second-order valence-electron chi connectivity index (χ2n) is 9.19. The number of oxazole rings is 1. The van der Waals surface area contributed by atoms with Crippen LogP contribution in [0.15, 0.2) is 89.3 Å². The van der Waals surface area contributed by atoms with E-state index in [4.69, 9.17) is 18.9 Å². The van der Waals surface area contributed by atoms with Gasteiger partial charge in [-0.2, -0.15) is 0 Å². The van der Waals surface area contributed by atoms with Crippen molar-refractivity contribution in [3.63, 3.8) is 0 Å². The van der Waals surface area contributed by atoms with Crippen molar-refractivity contribution >= 4 is 5.97 Å². The summed E-state index contributed by atoms with van der Waals surface area (Å²) < 4.78 is 18.3. The van der Waals surface area contributed by atoms with Crippen LogP contribution in [0.4, 0.5) is 0 Å². The minimum absolute atomic E-state index is 0.396. The quantitative estimate of drug-likeness (QED) is 0.355. The molecule has 1 saturated heterocycles. The molecule has 6 nitrogen and oxygen atoms in total. The number of rotatable bonds is 8. The van der Waals surface area contributed by atoms with E-state index in [0.717, 1.165) is 47.4 Å². The Labute approximate surface area is 203 Å². The summed E-state index contributed by atoms with van der Waals surface area (Å²) in [5.74, 6) is 0.620. The van der Waals surface area contributed by atoms with Crippen molar-refractivity contribution in [3.05, 3.63) is 96.4 Å². The molecule has 35 heavy (non-hydrogen) atoms. The summed E-state index contributed by atoms with van der Waals surface area (Å²) in [6, 6.07) is 27.6. The van der Waals surface area contributed by atoms with Gasteiger partial charge >= 0.3 is 0 Å². The highest BCUT2D eigenvalue weighted by molar-refractivity contribution is 5.77. The average molecular weight is 467 g/mol. The molecule has 4 aromatic rings. The molecule has 1 aliphatic carbocycles. The number of fused-ring (bicyclic) bond motifs is 1.